The van der Waals surface area contributed by atoms with Gasteiger partial charge >= 0.3 is 5.97 Å². The lowest BCUT2D eigenvalue weighted by molar-refractivity contribution is -0.146. The van der Waals surface area contributed by atoms with Crippen LogP contribution in [0, 0.1) is 0 Å². The van der Waals surface area contributed by atoms with Gasteiger partial charge in [0.15, 0.2) is 6.73 Å². The third-order valence-corrected chi connectivity index (χ3v) is 7.18. The molecule has 0 unspecified atom stereocenters. The van der Waals surface area contributed by atoms with Crippen LogP contribution >= 0.6 is 0 Å². The molecule has 0 aromatic heterocycles. The zero-order valence-corrected chi connectivity index (χ0v) is 18.2. The number of amides is 2. The Morgan fingerprint density at radius 3 is 2.00 bits per heavy atom. The van der Waals surface area contributed by atoms with Crippen molar-refractivity contribution in [3.63, 3.8) is 0 Å². The average molecular weight is 445 g/mol. The van der Waals surface area contributed by atoms with E-state index in [1.54, 1.807) is 50.2 Å². The fourth-order valence-corrected chi connectivity index (χ4v) is 4.81. The Morgan fingerprint density at radius 1 is 0.935 bits per heavy atom. The normalized spacial score (nSPS) is 13.6. The van der Waals surface area contributed by atoms with Crippen molar-refractivity contribution in [1.82, 2.24) is 9.21 Å². The van der Waals surface area contributed by atoms with Crippen molar-refractivity contribution in [3.05, 3.63) is 65.2 Å². The second-order valence-electron chi connectivity index (χ2n) is 6.96. The van der Waals surface area contributed by atoms with Crippen molar-refractivity contribution < 1.29 is 27.5 Å². The molecule has 0 fully saturated rings. The summed E-state index contributed by atoms with van der Waals surface area (Å²) in [6.07, 6.45) is 0.373. The van der Waals surface area contributed by atoms with Crippen LogP contribution in [0.3, 0.4) is 0 Å². The molecule has 2 amide bonds. The minimum Gasteiger partial charge on any atom is -0.444 e. The number of hydrogen-bond acceptors (Lipinski definition) is 6. The number of nitrogens with zero attached hydrogens (tertiary/aromatic N) is 2. The van der Waals surface area contributed by atoms with E-state index in [1.165, 1.54) is 16.4 Å². The first-order valence-corrected chi connectivity index (χ1v) is 11.4. The van der Waals surface area contributed by atoms with E-state index in [0.29, 0.717) is 30.6 Å². The largest absolute Gasteiger partial charge is 0.444 e. The minimum atomic E-state index is -3.53. The third-order valence-electron chi connectivity index (χ3n) is 5.12. The van der Waals surface area contributed by atoms with Crippen molar-refractivity contribution in [2.45, 2.75) is 31.6 Å². The van der Waals surface area contributed by atoms with Gasteiger partial charge in [-0.05, 0) is 36.2 Å². The molecule has 2 aromatic carbocycles. The summed E-state index contributed by atoms with van der Waals surface area (Å²) in [4.78, 5) is 37.7. The number of ether oxygens (including phenoxy) is 1. The van der Waals surface area contributed by atoms with Crippen LogP contribution in [-0.4, -0.2) is 55.2 Å². The lowest BCUT2D eigenvalue weighted by atomic mass is 10.1. The number of rotatable bonds is 9. The van der Waals surface area contributed by atoms with Crippen molar-refractivity contribution in [3.8, 4) is 0 Å². The maximum absolute atomic E-state index is 12.5. The van der Waals surface area contributed by atoms with Gasteiger partial charge in [0.25, 0.3) is 11.8 Å². The molecule has 1 heterocycles. The van der Waals surface area contributed by atoms with E-state index in [9.17, 15) is 22.8 Å². The summed E-state index contributed by atoms with van der Waals surface area (Å²) in [7, 11) is -3.53. The number of benzene rings is 2. The first-order chi connectivity index (χ1) is 14.8. The molecule has 2 aromatic rings. The van der Waals surface area contributed by atoms with E-state index < -0.39 is 34.5 Å². The third kappa shape index (κ3) is 4.67. The maximum atomic E-state index is 12.5. The number of carbonyl (C=O) groups excluding carboxylic acids is 3. The monoisotopic (exact) mass is 444 g/mol. The molecule has 0 aliphatic carbocycles. The molecule has 1 aliphatic rings. The second-order valence-corrected chi connectivity index (χ2v) is 8.90. The average Bonchev–Trinajstić information content (AvgIpc) is 3.02. The molecule has 164 valence electrons. The summed E-state index contributed by atoms with van der Waals surface area (Å²) in [5, 5.41) is 0. The highest BCUT2D eigenvalue weighted by Gasteiger charge is 2.35. The van der Waals surface area contributed by atoms with Gasteiger partial charge in [-0.3, -0.25) is 14.4 Å². The van der Waals surface area contributed by atoms with Crippen molar-refractivity contribution >= 4 is 27.8 Å². The molecule has 0 saturated carbocycles. The molecule has 0 spiro atoms. The van der Waals surface area contributed by atoms with Crippen LogP contribution in [0.25, 0.3) is 0 Å². The molecule has 3 rings (SSSR count). The molecule has 0 radical (unpaired) electrons. The maximum Gasteiger partial charge on any atom is 0.307 e. The van der Waals surface area contributed by atoms with Gasteiger partial charge in [0.2, 0.25) is 10.0 Å². The molecule has 9 heteroatoms. The van der Waals surface area contributed by atoms with E-state index in [2.05, 4.69) is 0 Å². The topological polar surface area (TPSA) is 101 Å². The van der Waals surface area contributed by atoms with E-state index in [-0.39, 0.29) is 11.3 Å². The fourth-order valence-electron chi connectivity index (χ4n) is 3.35. The van der Waals surface area contributed by atoms with Crippen LogP contribution in [0.15, 0.2) is 53.4 Å². The Kier molecular flexibility index (Phi) is 6.87. The SMILES string of the molecule is CCN(CC)S(=O)(=O)c1ccc(CCC(=O)OCN2C(=O)c3ccccc3C2=O)cc1. The predicted octanol–water partition coefficient (Wildman–Crippen LogP) is 2.45. The zero-order chi connectivity index (χ0) is 22.6. The van der Waals surface area contributed by atoms with E-state index in [1.807, 2.05) is 0 Å². The Bertz CT molecular complexity index is 1060. The number of sulfonamides is 1. The first kappa shape index (κ1) is 22.6. The molecule has 31 heavy (non-hydrogen) atoms. The van der Waals surface area contributed by atoms with Crippen molar-refractivity contribution in [2.75, 3.05) is 19.8 Å². The molecule has 0 atom stereocenters. The molecule has 0 N–H and O–H groups in total. The zero-order valence-electron chi connectivity index (χ0n) is 17.4. The molecular formula is C22H24N2O6S. The Morgan fingerprint density at radius 2 is 1.48 bits per heavy atom. The Hall–Kier alpha value is -3.04. The minimum absolute atomic E-state index is 0.0330. The number of aryl methyl sites for hydroxylation is 1. The number of carbonyl (C=O) groups is 3. The lowest BCUT2D eigenvalue weighted by Crippen LogP contribution is -2.33. The second kappa shape index (κ2) is 9.40. The molecule has 0 saturated heterocycles. The van der Waals surface area contributed by atoms with E-state index in [0.717, 1.165) is 10.5 Å². The summed E-state index contributed by atoms with van der Waals surface area (Å²) in [5.41, 5.74) is 1.36. The van der Waals surface area contributed by atoms with Crippen LogP contribution < -0.4 is 0 Å². The number of imide groups is 1. The lowest BCUT2D eigenvalue weighted by Gasteiger charge is -2.18. The Labute approximate surface area is 181 Å². The van der Waals surface area contributed by atoms with Gasteiger partial charge < -0.3 is 4.74 Å². The quantitative estimate of drug-likeness (QED) is 0.435. The van der Waals surface area contributed by atoms with Crippen LogP contribution in [-0.2, 0) is 26.0 Å². The van der Waals surface area contributed by atoms with E-state index in [4.69, 9.17) is 4.74 Å². The number of hydrogen-bond donors (Lipinski definition) is 0. The highest BCUT2D eigenvalue weighted by Crippen LogP contribution is 2.22. The summed E-state index contributed by atoms with van der Waals surface area (Å²) in [5.74, 6) is -1.53. The van der Waals surface area contributed by atoms with Gasteiger partial charge in [-0.2, -0.15) is 4.31 Å². The highest BCUT2D eigenvalue weighted by atomic mass is 32.2. The smallest absolute Gasteiger partial charge is 0.307 e. The van der Waals surface area contributed by atoms with Crippen molar-refractivity contribution in [1.29, 1.82) is 0 Å². The summed E-state index contributed by atoms with van der Waals surface area (Å²) < 4.78 is 31.5. The van der Waals surface area contributed by atoms with Crippen LogP contribution in [0.2, 0.25) is 0 Å². The van der Waals surface area contributed by atoms with E-state index >= 15 is 0 Å². The molecule has 0 bridgehead atoms. The van der Waals surface area contributed by atoms with Crippen LogP contribution in [0.4, 0.5) is 0 Å². The van der Waals surface area contributed by atoms with Crippen LogP contribution in [0.1, 0.15) is 46.5 Å². The molecular weight excluding hydrogens is 420 g/mol. The molecule has 1 aliphatic heterocycles. The number of esters is 1. The van der Waals surface area contributed by atoms with Gasteiger partial charge in [-0.15, -0.1) is 0 Å². The fraction of sp³-hybridized carbons (Fsp3) is 0.318. The van der Waals surface area contributed by atoms with Gasteiger partial charge in [0, 0.05) is 19.5 Å². The van der Waals surface area contributed by atoms with Crippen molar-refractivity contribution in [2.24, 2.45) is 0 Å². The first-order valence-electron chi connectivity index (χ1n) is 9.99. The molecule has 8 nitrogen and oxygen atoms in total. The summed E-state index contributed by atoms with van der Waals surface area (Å²) in [6, 6.07) is 12.8. The highest BCUT2D eigenvalue weighted by molar-refractivity contribution is 7.89. The Balaban J connectivity index is 1.53. The van der Waals surface area contributed by atoms with Gasteiger partial charge in [-0.25, -0.2) is 13.3 Å². The summed E-state index contributed by atoms with van der Waals surface area (Å²) >= 11 is 0. The predicted molar refractivity (Wildman–Crippen MR) is 113 cm³/mol. The summed E-state index contributed by atoms with van der Waals surface area (Å²) in [6.45, 7) is 3.90. The van der Waals surface area contributed by atoms with Crippen LogP contribution in [0.5, 0.6) is 0 Å². The van der Waals surface area contributed by atoms with Gasteiger partial charge in [0.05, 0.1) is 16.0 Å². The van der Waals surface area contributed by atoms with Gasteiger partial charge in [-0.1, -0.05) is 38.1 Å². The van der Waals surface area contributed by atoms with Gasteiger partial charge in [0.1, 0.15) is 0 Å². The standard InChI is InChI=1S/C22H24N2O6S/c1-3-23(4-2)31(28,29)17-12-9-16(10-13-17)11-14-20(25)30-15-24-21(26)18-7-5-6-8-19(18)22(24)27/h5-10,12-13H,3-4,11,14-15H2,1-2H3. The number of fused-ring (bicyclic) bond motifs is 1.